The van der Waals surface area contributed by atoms with Crippen LogP contribution in [-0.4, -0.2) is 25.1 Å². The summed E-state index contributed by atoms with van der Waals surface area (Å²) in [5, 5.41) is 6.55. The number of methoxy groups -OCH3 is 1. The third-order valence-corrected chi connectivity index (χ3v) is 2.95. The number of ether oxygens (including phenoxy) is 1. The van der Waals surface area contributed by atoms with Crippen LogP contribution in [0.5, 0.6) is 5.75 Å². The van der Waals surface area contributed by atoms with Gasteiger partial charge in [0, 0.05) is 23.7 Å². The van der Waals surface area contributed by atoms with Crippen molar-refractivity contribution >= 4 is 23.7 Å². The fraction of sp³-hybridized carbons (Fsp3) is 0.118. The molecule has 6 nitrogen and oxygen atoms in total. The Kier molecular flexibility index (Phi) is 5.46. The Balaban J connectivity index is 2.04. The Bertz CT molecular complexity index is 741. The fourth-order valence-corrected chi connectivity index (χ4v) is 1.94. The molecule has 0 fully saturated rings. The molecular formula is C17H17N3O3. The molecule has 2 rings (SSSR count). The van der Waals surface area contributed by atoms with Crippen LogP contribution in [0.25, 0.3) is 0 Å². The number of hydrazone groups is 1. The third-order valence-electron chi connectivity index (χ3n) is 2.95. The van der Waals surface area contributed by atoms with Gasteiger partial charge in [-0.05, 0) is 30.3 Å². The lowest BCUT2D eigenvalue weighted by Crippen LogP contribution is -2.18. The number of hydrogen-bond acceptors (Lipinski definition) is 4. The summed E-state index contributed by atoms with van der Waals surface area (Å²) < 4.78 is 5.20. The maximum absolute atomic E-state index is 12.1. The predicted molar refractivity (Wildman–Crippen MR) is 88.8 cm³/mol. The number of amides is 2. The molecule has 0 spiro atoms. The molecule has 0 saturated heterocycles. The van der Waals surface area contributed by atoms with Crippen LogP contribution < -0.4 is 15.5 Å². The number of rotatable bonds is 5. The largest absolute Gasteiger partial charge is 0.496 e. The summed E-state index contributed by atoms with van der Waals surface area (Å²) in [5.74, 6) is 0.0956. The second-order valence-electron chi connectivity index (χ2n) is 4.70. The highest BCUT2D eigenvalue weighted by Crippen LogP contribution is 2.14. The molecule has 0 atom stereocenters. The number of benzene rings is 2. The van der Waals surface area contributed by atoms with Crippen molar-refractivity contribution < 1.29 is 14.3 Å². The minimum absolute atomic E-state index is 0.197. The zero-order chi connectivity index (χ0) is 16.7. The molecule has 0 unspecified atom stereocenters. The van der Waals surface area contributed by atoms with Crippen LogP contribution in [-0.2, 0) is 4.79 Å². The van der Waals surface area contributed by atoms with Gasteiger partial charge < -0.3 is 10.1 Å². The first-order valence-corrected chi connectivity index (χ1v) is 6.94. The lowest BCUT2D eigenvalue weighted by molar-refractivity contribution is -0.114. The second-order valence-corrected chi connectivity index (χ2v) is 4.70. The van der Waals surface area contributed by atoms with Crippen molar-refractivity contribution in [3.8, 4) is 5.75 Å². The molecule has 0 aliphatic carbocycles. The van der Waals surface area contributed by atoms with E-state index in [9.17, 15) is 9.59 Å². The summed E-state index contributed by atoms with van der Waals surface area (Å²) in [6.07, 6.45) is 1.51. The van der Waals surface area contributed by atoms with Crippen LogP contribution in [0.15, 0.2) is 53.6 Å². The van der Waals surface area contributed by atoms with Crippen LogP contribution in [0.2, 0.25) is 0 Å². The maximum Gasteiger partial charge on any atom is 0.271 e. The lowest BCUT2D eigenvalue weighted by atomic mass is 10.2. The van der Waals surface area contributed by atoms with E-state index < -0.39 is 0 Å². The van der Waals surface area contributed by atoms with Crippen LogP contribution in [0.4, 0.5) is 5.69 Å². The molecule has 0 heterocycles. The van der Waals surface area contributed by atoms with Gasteiger partial charge in [0.25, 0.3) is 5.91 Å². The van der Waals surface area contributed by atoms with Crippen molar-refractivity contribution in [1.29, 1.82) is 0 Å². The minimum Gasteiger partial charge on any atom is -0.496 e. The molecule has 0 aliphatic heterocycles. The van der Waals surface area contributed by atoms with Gasteiger partial charge in [0.1, 0.15) is 5.75 Å². The molecule has 2 aromatic carbocycles. The summed E-state index contributed by atoms with van der Waals surface area (Å²) in [6, 6.07) is 13.9. The van der Waals surface area contributed by atoms with E-state index in [1.165, 1.54) is 13.1 Å². The number of hydrogen-bond donors (Lipinski definition) is 2. The Hall–Kier alpha value is -3.15. The second kappa shape index (κ2) is 7.74. The van der Waals surface area contributed by atoms with Gasteiger partial charge in [-0.25, -0.2) is 5.43 Å². The van der Waals surface area contributed by atoms with E-state index in [0.29, 0.717) is 17.0 Å². The number of nitrogens with zero attached hydrogens (tertiary/aromatic N) is 1. The molecule has 2 N–H and O–H groups in total. The molecule has 2 aromatic rings. The normalized spacial score (nSPS) is 10.3. The highest BCUT2D eigenvalue weighted by atomic mass is 16.5. The van der Waals surface area contributed by atoms with E-state index in [0.717, 1.165) is 5.56 Å². The average molecular weight is 311 g/mol. The summed E-state index contributed by atoms with van der Waals surface area (Å²) in [4.78, 5) is 23.1. The summed E-state index contributed by atoms with van der Waals surface area (Å²) in [6.45, 7) is 1.41. The van der Waals surface area contributed by atoms with Crippen molar-refractivity contribution in [2.75, 3.05) is 12.4 Å². The van der Waals surface area contributed by atoms with Crippen molar-refractivity contribution in [1.82, 2.24) is 5.43 Å². The quantitative estimate of drug-likeness (QED) is 0.657. The monoisotopic (exact) mass is 311 g/mol. The molecule has 6 heteroatoms. The van der Waals surface area contributed by atoms with E-state index in [2.05, 4.69) is 15.8 Å². The first-order chi connectivity index (χ1) is 11.1. The number of nitrogens with one attached hydrogen (secondary N) is 2. The lowest BCUT2D eigenvalue weighted by Gasteiger charge is -2.05. The molecule has 118 valence electrons. The molecule has 2 amide bonds. The van der Waals surface area contributed by atoms with Gasteiger partial charge in [-0.2, -0.15) is 5.10 Å². The Morgan fingerprint density at radius 2 is 1.91 bits per heavy atom. The molecule has 0 aromatic heterocycles. The zero-order valence-corrected chi connectivity index (χ0v) is 12.9. The first-order valence-electron chi connectivity index (χ1n) is 6.94. The average Bonchev–Trinajstić information content (AvgIpc) is 2.55. The minimum atomic E-state index is -0.372. The maximum atomic E-state index is 12.1. The van der Waals surface area contributed by atoms with Crippen LogP contribution in [0.1, 0.15) is 22.8 Å². The van der Waals surface area contributed by atoms with Gasteiger partial charge in [-0.3, -0.25) is 9.59 Å². The molecular weight excluding hydrogens is 294 g/mol. The molecule has 0 radical (unpaired) electrons. The topological polar surface area (TPSA) is 79.8 Å². The van der Waals surface area contributed by atoms with Crippen LogP contribution >= 0.6 is 0 Å². The summed E-state index contributed by atoms with van der Waals surface area (Å²) in [5.41, 5.74) is 4.14. The zero-order valence-electron chi connectivity index (χ0n) is 12.9. The van der Waals surface area contributed by atoms with E-state index in [1.807, 2.05) is 18.2 Å². The SMILES string of the molecule is COc1ccccc1/C=N\NC(=O)c1cccc(NC(C)=O)c1. The van der Waals surface area contributed by atoms with Gasteiger partial charge in [0.05, 0.1) is 13.3 Å². The van der Waals surface area contributed by atoms with Crippen molar-refractivity contribution in [2.45, 2.75) is 6.92 Å². The van der Waals surface area contributed by atoms with Crippen molar-refractivity contribution in [3.63, 3.8) is 0 Å². The van der Waals surface area contributed by atoms with Gasteiger partial charge in [0.2, 0.25) is 5.91 Å². The number of carbonyl (C=O) groups is 2. The first kappa shape index (κ1) is 16.2. The Morgan fingerprint density at radius 1 is 1.13 bits per heavy atom. The van der Waals surface area contributed by atoms with Crippen LogP contribution in [0, 0.1) is 0 Å². The highest BCUT2D eigenvalue weighted by molar-refractivity contribution is 5.97. The van der Waals surface area contributed by atoms with Gasteiger partial charge in [-0.15, -0.1) is 0 Å². The Labute approximate surface area is 134 Å². The van der Waals surface area contributed by atoms with Crippen molar-refractivity contribution in [3.05, 3.63) is 59.7 Å². The standard InChI is InChI=1S/C17H17N3O3/c1-12(21)19-15-8-5-7-13(10-15)17(22)20-18-11-14-6-3-4-9-16(14)23-2/h3-11H,1-2H3,(H,19,21)(H,20,22)/b18-11-. The smallest absolute Gasteiger partial charge is 0.271 e. The Morgan fingerprint density at radius 3 is 2.65 bits per heavy atom. The van der Waals surface area contributed by atoms with E-state index in [-0.39, 0.29) is 11.8 Å². The van der Waals surface area contributed by atoms with Gasteiger partial charge >= 0.3 is 0 Å². The fourth-order valence-electron chi connectivity index (χ4n) is 1.94. The van der Waals surface area contributed by atoms with E-state index in [4.69, 9.17) is 4.74 Å². The van der Waals surface area contributed by atoms with E-state index >= 15 is 0 Å². The van der Waals surface area contributed by atoms with E-state index in [1.54, 1.807) is 37.4 Å². The summed E-state index contributed by atoms with van der Waals surface area (Å²) in [7, 11) is 1.57. The van der Waals surface area contributed by atoms with Crippen LogP contribution in [0.3, 0.4) is 0 Å². The van der Waals surface area contributed by atoms with Gasteiger partial charge in [0.15, 0.2) is 0 Å². The predicted octanol–water partition coefficient (Wildman–Crippen LogP) is 2.42. The molecule has 0 saturated carbocycles. The van der Waals surface area contributed by atoms with Gasteiger partial charge in [-0.1, -0.05) is 18.2 Å². The van der Waals surface area contributed by atoms with Crippen molar-refractivity contribution in [2.24, 2.45) is 5.10 Å². The number of carbonyl (C=O) groups excluding carboxylic acids is 2. The third kappa shape index (κ3) is 4.67. The molecule has 23 heavy (non-hydrogen) atoms. The molecule has 0 bridgehead atoms. The summed E-state index contributed by atoms with van der Waals surface area (Å²) >= 11 is 0. The highest BCUT2D eigenvalue weighted by Gasteiger charge is 2.06. The number of para-hydroxylation sites is 1. The number of anilines is 1. The molecule has 0 aliphatic rings.